The van der Waals surface area contributed by atoms with E-state index < -0.39 is 0 Å². The minimum atomic E-state index is 0. The first-order chi connectivity index (χ1) is 9.22. The molecule has 1 saturated heterocycles. The molecule has 2 rings (SSSR count). The summed E-state index contributed by atoms with van der Waals surface area (Å²) in [6.07, 6.45) is 3.69. The Morgan fingerprint density at radius 3 is 2.52 bits per heavy atom. The third-order valence-electron chi connectivity index (χ3n) is 3.61. The lowest BCUT2D eigenvalue weighted by atomic mass is 9.98. The lowest BCUT2D eigenvalue weighted by molar-refractivity contribution is 0.163. The van der Waals surface area contributed by atoms with Crippen molar-refractivity contribution in [2.45, 2.75) is 18.9 Å². The van der Waals surface area contributed by atoms with Gasteiger partial charge >= 0.3 is 0 Å². The van der Waals surface area contributed by atoms with Crippen molar-refractivity contribution in [3.05, 3.63) is 36.4 Å². The molecule has 4 nitrogen and oxygen atoms in total. The number of nitrogens with zero attached hydrogens (tertiary/aromatic N) is 1. The second-order valence-corrected chi connectivity index (χ2v) is 4.91. The van der Waals surface area contributed by atoms with Crippen LogP contribution in [0.3, 0.4) is 0 Å². The zero-order chi connectivity index (χ0) is 13.7. The Morgan fingerprint density at radius 1 is 1.24 bits per heavy atom. The summed E-state index contributed by atoms with van der Waals surface area (Å²) in [5.74, 6) is 0.455. The summed E-state index contributed by atoms with van der Waals surface area (Å²) in [6.45, 7) is 7.60. The molecule has 1 aromatic carbocycles. The van der Waals surface area contributed by atoms with Gasteiger partial charge < -0.3 is 15.5 Å². The topological polar surface area (TPSA) is 55.7 Å². The maximum Gasteiger partial charge on any atom is 0.120 e. The minimum Gasteiger partial charge on any atom is -0.508 e. The van der Waals surface area contributed by atoms with Crippen LogP contribution in [0.1, 0.15) is 24.4 Å². The number of nitrogens with one attached hydrogen (secondary N) is 1. The summed E-state index contributed by atoms with van der Waals surface area (Å²) in [5.41, 5.74) is 0.809. The molecule has 1 atom stereocenters. The molecule has 1 heterocycles. The smallest absolute Gasteiger partial charge is 0.120 e. The first-order valence-electron chi connectivity index (χ1n) is 6.80. The standard InChI is InChI=1S/C15H22N2O2.2ClH/c1-2-3-4-14(17-9-7-16-8-10-17)13-11-12(18)5-6-15(13)19;;/h2,5-6,11,14,16,18-19H,1,3-4,7-10H2;2*1H/t14-;;/m1../s1. The van der Waals surface area contributed by atoms with Gasteiger partial charge in [0.1, 0.15) is 11.5 Å². The predicted molar refractivity (Wildman–Crippen MR) is 90.9 cm³/mol. The Labute approximate surface area is 138 Å². The molecular weight excluding hydrogens is 311 g/mol. The maximum atomic E-state index is 10.1. The highest BCUT2D eigenvalue weighted by molar-refractivity contribution is 5.85. The third-order valence-corrected chi connectivity index (χ3v) is 3.61. The Bertz CT molecular complexity index is 438. The van der Waals surface area contributed by atoms with Crippen molar-refractivity contribution in [2.24, 2.45) is 0 Å². The number of aromatic hydroxyl groups is 2. The monoisotopic (exact) mass is 334 g/mol. The number of hydrogen-bond acceptors (Lipinski definition) is 4. The van der Waals surface area contributed by atoms with E-state index in [1.807, 2.05) is 6.08 Å². The molecule has 6 heteroatoms. The van der Waals surface area contributed by atoms with E-state index >= 15 is 0 Å². The van der Waals surface area contributed by atoms with E-state index in [0.717, 1.165) is 44.6 Å². The Morgan fingerprint density at radius 2 is 1.90 bits per heavy atom. The lowest BCUT2D eigenvalue weighted by Gasteiger charge is -2.35. The number of hydrogen-bond donors (Lipinski definition) is 3. The van der Waals surface area contributed by atoms with Crippen LogP contribution in [0.2, 0.25) is 0 Å². The van der Waals surface area contributed by atoms with Gasteiger partial charge in [-0.25, -0.2) is 0 Å². The van der Waals surface area contributed by atoms with Gasteiger partial charge in [-0.3, -0.25) is 4.90 Å². The Kier molecular flexibility index (Phi) is 9.46. The molecule has 1 aromatic rings. The number of phenolic OH excluding ortho intramolecular Hbond substituents is 2. The molecule has 3 N–H and O–H groups in total. The quantitative estimate of drug-likeness (QED) is 0.572. The van der Waals surface area contributed by atoms with E-state index in [2.05, 4.69) is 16.8 Å². The number of benzene rings is 1. The van der Waals surface area contributed by atoms with E-state index in [9.17, 15) is 10.2 Å². The van der Waals surface area contributed by atoms with E-state index in [1.54, 1.807) is 12.1 Å². The van der Waals surface area contributed by atoms with Crippen LogP contribution in [0.15, 0.2) is 30.9 Å². The molecular formula is C15H24Cl2N2O2. The summed E-state index contributed by atoms with van der Waals surface area (Å²) in [4.78, 5) is 2.36. The summed E-state index contributed by atoms with van der Waals surface area (Å²) in [6, 6.07) is 4.88. The van der Waals surface area contributed by atoms with Crippen LogP contribution < -0.4 is 5.32 Å². The lowest BCUT2D eigenvalue weighted by Crippen LogP contribution is -2.45. The molecule has 1 fully saturated rings. The van der Waals surface area contributed by atoms with Crippen molar-refractivity contribution in [1.82, 2.24) is 10.2 Å². The first-order valence-corrected chi connectivity index (χ1v) is 6.80. The number of halogens is 2. The van der Waals surface area contributed by atoms with Gasteiger partial charge in [0.25, 0.3) is 0 Å². The summed E-state index contributed by atoms with van der Waals surface area (Å²) in [7, 11) is 0. The molecule has 1 aliphatic rings. The Balaban J connectivity index is 0.00000200. The van der Waals surface area contributed by atoms with Gasteiger partial charge in [0.15, 0.2) is 0 Å². The fourth-order valence-corrected chi connectivity index (χ4v) is 2.61. The molecule has 0 aromatic heterocycles. The molecule has 21 heavy (non-hydrogen) atoms. The van der Waals surface area contributed by atoms with Gasteiger partial charge in [-0.15, -0.1) is 31.4 Å². The number of phenols is 2. The van der Waals surface area contributed by atoms with Crippen LogP contribution >= 0.6 is 24.8 Å². The molecule has 0 radical (unpaired) electrons. The van der Waals surface area contributed by atoms with E-state index in [-0.39, 0.29) is 42.4 Å². The molecule has 1 aliphatic heterocycles. The van der Waals surface area contributed by atoms with Gasteiger partial charge in [0, 0.05) is 37.8 Å². The van der Waals surface area contributed by atoms with Gasteiger partial charge in [0.2, 0.25) is 0 Å². The predicted octanol–water partition coefficient (Wildman–Crippen LogP) is 2.85. The van der Waals surface area contributed by atoms with Crippen molar-refractivity contribution >= 4 is 24.8 Å². The second-order valence-electron chi connectivity index (χ2n) is 4.91. The van der Waals surface area contributed by atoms with Gasteiger partial charge in [0.05, 0.1) is 0 Å². The van der Waals surface area contributed by atoms with Crippen molar-refractivity contribution in [3.63, 3.8) is 0 Å². The third kappa shape index (κ3) is 5.40. The van der Waals surface area contributed by atoms with Crippen LogP contribution in [0, 0.1) is 0 Å². The number of piperazine rings is 1. The SMILES string of the molecule is C=CCC[C@H](c1cc(O)ccc1O)N1CCNCC1.Cl.Cl. The summed E-state index contributed by atoms with van der Waals surface area (Å²) in [5, 5.41) is 23.0. The van der Waals surface area contributed by atoms with Crippen molar-refractivity contribution in [3.8, 4) is 11.5 Å². The van der Waals surface area contributed by atoms with Crippen molar-refractivity contribution < 1.29 is 10.2 Å². The van der Waals surface area contributed by atoms with E-state index in [0.29, 0.717) is 0 Å². The van der Waals surface area contributed by atoms with Crippen LogP contribution in [-0.2, 0) is 0 Å². The second kappa shape index (κ2) is 9.90. The van der Waals surface area contributed by atoms with Gasteiger partial charge in [-0.2, -0.15) is 0 Å². The normalized spacial score (nSPS) is 16.4. The van der Waals surface area contributed by atoms with Crippen LogP contribution in [0.4, 0.5) is 0 Å². The number of allylic oxidation sites excluding steroid dienone is 1. The average molecular weight is 335 g/mol. The molecule has 0 saturated carbocycles. The maximum absolute atomic E-state index is 10.1. The van der Waals surface area contributed by atoms with Crippen LogP contribution in [-0.4, -0.2) is 41.3 Å². The highest BCUT2D eigenvalue weighted by Crippen LogP contribution is 2.34. The highest BCUT2D eigenvalue weighted by atomic mass is 35.5. The van der Waals surface area contributed by atoms with Crippen LogP contribution in [0.5, 0.6) is 11.5 Å². The van der Waals surface area contributed by atoms with Gasteiger partial charge in [-0.1, -0.05) is 6.08 Å². The summed E-state index contributed by atoms with van der Waals surface area (Å²) >= 11 is 0. The zero-order valence-corrected chi connectivity index (χ0v) is 13.6. The minimum absolute atomic E-state index is 0. The zero-order valence-electron chi connectivity index (χ0n) is 12.0. The fourth-order valence-electron chi connectivity index (χ4n) is 2.61. The molecule has 0 aliphatic carbocycles. The molecule has 120 valence electrons. The molecule has 0 unspecified atom stereocenters. The molecule has 0 bridgehead atoms. The van der Waals surface area contributed by atoms with E-state index in [4.69, 9.17) is 0 Å². The van der Waals surface area contributed by atoms with Gasteiger partial charge in [-0.05, 0) is 31.0 Å². The first kappa shape index (κ1) is 20.1. The molecule has 0 spiro atoms. The summed E-state index contributed by atoms with van der Waals surface area (Å²) < 4.78 is 0. The van der Waals surface area contributed by atoms with E-state index in [1.165, 1.54) is 6.07 Å². The van der Waals surface area contributed by atoms with Crippen LogP contribution in [0.25, 0.3) is 0 Å². The highest BCUT2D eigenvalue weighted by Gasteiger charge is 2.24. The number of rotatable bonds is 5. The van der Waals surface area contributed by atoms with Crippen molar-refractivity contribution in [2.75, 3.05) is 26.2 Å². The largest absolute Gasteiger partial charge is 0.508 e. The fraction of sp³-hybridized carbons (Fsp3) is 0.467. The molecule has 0 amide bonds. The Hall–Kier alpha value is -0.940. The average Bonchev–Trinajstić information content (AvgIpc) is 2.44. The van der Waals surface area contributed by atoms with Crippen molar-refractivity contribution in [1.29, 1.82) is 0 Å².